The number of methoxy groups -OCH3 is 3. The third-order valence-electron chi connectivity index (χ3n) is 5.36. The van der Waals surface area contributed by atoms with E-state index in [2.05, 4.69) is 31.4 Å². The fourth-order valence-electron chi connectivity index (χ4n) is 3.46. The quantitative estimate of drug-likeness (QED) is 0.483. The maximum absolute atomic E-state index is 13.1. The fourth-order valence-corrected chi connectivity index (χ4v) is 3.46. The van der Waals surface area contributed by atoms with Crippen LogP contribution in [0.4, 0.5) is 11.4 Å². The highest BCUT2D eigenvalue weighted by atomic mass is 16.5. The van der Waals surface area contributed by atoms with E-state index in [4.69, 9.17) is 14.2 Å². The van der Waals surface area contributed by atoms with Gasteiger partial charge in [0.2, 0.25) is 5.75 Å². The van der Waals surface area contributed by atoms with Crippen molar-refractivity contribution < 1.29 is 23.8 Å². The minimum atomic E-state index is -0.395. The average Bonchev–Trinajstić information content (AvgIpc) is 2.83. The minimum Gasteiger partial charge on any atom is -0.493 e. The molecule has 0 saturated heterocycles. The molecule has 0 aliphatic heterocycles. The first-order valence-corrected chi connectivity index (χ1v) is 10.8. The predicted octanol–water partition coefficient (Wildman–Crippen LogP) is 5.51. The van der Waals surface area contributed by atoms with Gasteiger partial charge in [-0.05, 0) is 35.2 Å². The van der Waals surface area contributed by atoms with E-state index >= 15 is 0 Å². The number of anilines is 2. The molecule has 0 bridgehead atoms. The summed E-state index contributed by atoms with van der Waals surface area (Å²) in [7, 11) is 4.51. The molecule has 0 fully saturated rings. The highest BCUT2D eigenvalue weighted by Gasteiger charge is 2.18. The number of amides is 2. The van der Waals surface area contributed by atoms with Crippen LogP contribution in [-0.4, -0.2) is 33.1 Å². The van der Waals surface area contributed by atoms with Crippen molar-refractivity contribution in [3.8, 4) is 17.2 Å². The van der Waals surface area contributed by atoms with Gasteiger partial charge in [0.25, 0.3) is 11.8 Å². The van der Waals surface area contributed by atoms with Crippen LogP contribution in [-0.2, 0) is 5.41 Å². The van der Waals surface area contributed by atoms with Crippen LogP contribution in [0.2, 0.25) is 0 Å². The van der Waals surface area contributed by atoms with Gasteiger partial charge in [0, 0.05) is 23.4 Å². The summed E-state index contributed by atoms with van der Waals surface area (Å²) >= 11 is 0. The molecule has 0 saturated carbocycles. The molecule has 0 heterocycles. The zero-order valence-electron chi connectivity index (χ0n) is 20.3. The summed E-state index contributed by atoms with van der Waals surface area (Å²) in [6.07, 6.45) is 0. The van der Waals surface area contributed by atoms with Crippen molar-refractivity contribution >= 4 is 23.2 Å². The molecule has 34 heavy (non-hydrogen) atoms. The highest BCUT2D eigenvalue weighted by Crippen LogP contribution is 2.40. The van der Waals surface area contributed by atoms with Crippen molar-refractivity contribution in [3.05, 3.63) is 77.4 Å². The number of carbonyl (C=O) groups is 2. The summed E-state index contributed by atoms with van der Waals surface area (Å²) in [5, 5.41) is 5.68. The summed E-state index contributed by atoms with van der Waals surface area (Å²) in [6, 6.07) is 17.6. The molecule has 7 heteroatoms. The molecule has 2 amide bonds. The molecule has 178 valence electrons. The van der Waals surface area contributed by atoms with Gasteiger partial charge in [0.05, 0.1) is 32.6 Å². The molecule has 0 spiro atoms. The Hall–Kier alpha value is -4.00. The Morgan fingerprint density at radius 3 is 1.85 bits per heavy atom. The maximum Gasteiger partial charge on any atom is 0.257 e. The van der Waals surface area contributed by atoms with E-state index in [9.17, 15) is 9.59 Å². The van der Waals surface area contributed by atoms with Crippen LogP contribution < -0.4 is 24.8 Å². The van der Waals surface area contributed by atoms with Gasteiger partial charge in [-0.25, -0.2) is 0 Å². The van der Waals surface area contributed by atoms with Crippen LogP contribution in [0.25, 0.3) is 0 Å². The number of carbonyl (C=O) groups excluding carboxylic acids is 2. The fraction of sp³-hybridized carbons (Fsp3) is 0.259. The Morgan fingerprint density at radius 1 is 0.735 bits per heavy atom. The molecule has 0 radical (unpaired) electrons. The zero-order chi connectivity index (χ0) is 24.9. The number of para-hydroxylation sites is 1. The van der Waals surface area contributed by atoms with Gasteiger partial charge in [-0.1, -0.05) is 45.0 Å². The van der Waals surface area contributed by atoms with Crippen LogP contribution in [0.15, 0.2) is 60.7 Å². The van der Waals surface area contributed by atoms with Gasteiger partial charge >= 0.3 is 0 Å². The molecule has 3 aromatic carbocycles. The summed E-state index contributed by atoms with van der Waals surface area (Å²) in [5.41, 5.74) is 2.81. The van der Waals surface area contributed by atoms with E-state index in [1.165, 1.54) is 21.3 Å². The lowest BCUT2D eigenvalue weighted by Gasteiger charge is -2.19. The monoisotopic (exact) mass is 462 g/mol. The van der Waals surface area contributed by atoms with E-state index in [1.807, 2.05) is 12.1 Å². The largest absolute Gasteiger partial charge is 0.493 e. The normalized spacial score (nSPS) is 10.9. The Balaban J connectivity index is 1.82. The van der Waals surface area contributed by atoms with Crippen molar-refractivity contribution in [2.24, 2.45) is 0 Å². The van der Waals surface area contributed by atoms with E-state index < -0.39 is 5.91 Å². The standard InChI is InChI=1S/C27H30N2O5/c1-27(2,3)18-13-11-17(12-14-18)25(30)29-21-10-8-7-9-20(21)26(31)28-19-15-22(32-4)24(34-6)23(16-19)33-5/h7-16H,1-6H3,(H,28,31)(H,29,30). The number of benzene rings is 3. The summed E-state index contributed by atoms with van der Waals surface area (Å²) in [6.45, 7) is 6.35. The molecule has 0 aliphatic carbocycles. The first-order chi connectivity index (χ1) is 16.2. The van der Waals surface area contributed by atoms with Crippen LogP contribution in [0.1, 0.15) is 47.1 Å². The van der Waals surface area contributed by atoms with E-state index in [-0.39, 0.29) is 11.3 Å². The summed E-state index contributed by atoms with van der Waals surface area (Å²) < 4.78 is 16.0. The molecule has 7 nitrogen and oxygen atoms in total. The molecule has 0 aliphatic rings. The summed E-state index contributed by atoms with van der Waals surface area (Å²) in [5.74, 6) is 0.560. The van der Waals surface area contributed by atoms with Crippen LogP contribution in [0, 0.1) is 0 Å². The van der Waals surface area contributed by atoms with Gasteiger partial charge in [0.1, 0.15) is 0 Å². The van der Waals surface area contributed by atoms with Crippen LogP contribution >= 0.6 is 0 Å². The van der Waals surface area contributed by atoms with Crippen LogP contribution in [0.3, 0.4) is 0 Å². The first kappa shape index (κ1) is 24.6. The molecule has 2 N–H and O–H groups in total. The maximum atomic E-state index is 13.1. The number of ether oxygens (including phenoxy) is 3. The van der Waals surface area contributed by atoms with E-state index in [0.29, 0.717) is 39.8 Å². The smallest absolute Gasteiger partial charge is 0.257 e. The van der Waals surface area contributed by atoms with E-state index in [0.717, 1.165) is 5.56 Å². The topological polar surface area (TPSA) is 85.9 Å². The van der Waals surface area contributed by atoms with Crippen LogP contribution in [0.5, 0.6) is 17.2 Å². The Labute approximate surface area is 200 Å². The lowest BCUT2D eigenvalue weighted by atomic mass is 9.86. The molecular formula is C27H30N2O5. The number of hydrogen-bond donors (Lipinski definition) is 2. The van der Waals surface area contributed by atoms with Crippen molar-refractivity contribution in [3.63, 3.8) is 0 Å². The molecular weight excluding hydrogens is 432 g/mol. The first-order valence-electron chi connectivity index (χ1n) is 10.8. The highest BCUT2D eigenvalue weighted by molar-refractivity contribution is 6.12. The third-order valence-corrected chi connectivity index (χ3v) is 5.36. The third kappa shape index (κ3) is 5.49. The van der Waals surface area contributed by atoms with Crippen molar-refractivity contribution in [1.29, 1.82) is 0 Å². The second-order valence-corrected chi connectivity index (χ2v) is 8.70. The minimum absolute atomic E-state index is 0.00743. The molecule has 3 aromatic rings. The van der Waals surface area contributed by atoms with Crippen molar-refractivity contribution in [2.75, 3.05) is 32.0 Å². The summed E-state index contributed by atoms with van der Waals surface area (Å²) in [4.78, 5) is 25.9. The van der Waals surface area contributed by atoms with Gasteiger partial charge in [-0.15, -0.1) is 0 Å². The zero-order valence-corrected chi connectivity index (χ0v) is 20.3. The van der Waals surface area contributed by atoms with E-state index in [1.54, 1.807) is 48.5 Å². The Kier molecular flexibility index (Phi) is 7.46. The average molecular weight is 463 g/mol. The SMILES string of the molecule is COc1cc(NC(=O)c2ccccc2NC(=O)c2ccc(C(C)(C)C)cc2)cc(OC)c1OC. The number of nitrogens with one attached hydrogen (secondary N) is 2. The lowest BCUT2D eigenvalue weighted by molar-refractivity contribution is 0.102. The molecule has 0 aromatic heterocycles. The second-order valence-electron chi connectivity index (χ2n) is 8.70. The van der Waals surface area contributed by atoms with Gasteiger partial charge in [-0.2, -0.15) is 0 Å². The number of rotatable bonds is 7. The molecule has 0 atom stereocenters. The predicted molar refractivity (Wildman–Crippen MR) is 134 cm³/mol. The van der Waals surface area contributed by atoms with Crippen molar-refractivity contribution in [2.45, 2.75) is 26.2 Å². The lowest BCUT2D eigenvalue weighted by Crippen LogP contribution is -2.18. The Bertz CT molecular complexity index is 1160. The van der Waals surface area contributed by atoms with Gasteiger partial charge in [-0.3, -0.25) is 9.59 Å². The van der Waals surface area contributed by atoms with Gasteiger partial charge in [0.15, 0.2) is 11.5 Å². The number of hydrogen-bond acceptors (Lipinski definition) is 5. The van der Waals surface area contributed by atoms with Crippen molar-refractivity contribution in [1.82, 2.24) is 0 Å². The molecule has 3 rings (SSSR count). The Morgan fingerprint density at radius 2 is 1.32 bits per heavy atom. The van der Waals surface area contributed by atoms with Gasteiger partial charge < -0.3 is 24.8 Å². The second kappa shape index (κ2) is 10.3. The molecule has 0 unspecified atom stereocenters.